The van der Waals surface area contributed by atoms with Crippen LogP contribution in [0.5, 0.6) is 0 Å². The van der Waals surface area contributed by atoms with Crippen molar-refractivity contribution in [1.29, 1.82) is 0 Å². The maximum absolute atomic E-state index is 10.9. The number of aromatic nitrogens is 1. The van der Waals surface area contributed by atoms with Crippen LogP contribution < -0.4 is 0 Å². The van der Waals surface area contributed by atoms with Gasteiger partial charge >= 0.3 is 0 Å². The van der Waals surface area contributed by atoms with Gasteiger partial charge in [0.05, 0.1) is 12.6 Å². The lowest BCUT2D eigenvalue weighted by Crippen LogP contribution is -2.48. The van der Waals surface area contributed by atoms with Gasteiger partial charge in [-0.3, -0.25) is 9.80 Å². The molecule has 3 aromatic carbocycles. The van der Waals surface area contributed by atoms with Crippen LogP contribution in [0.4, 0.5) is 0 Å². The number of aliphatic hydroxyl groups excluding tert-OH is 1. The van der Waals surface area contributed by atoms with Crippen LogP contribution in [0.15, 0.2) is 78.9 Å². The summed E-state index contributed by atoms with van der Waals surface area (Å²) in [5.74, 6) is 0. The van der Waals surface area contributed by atoms with E-state index < -0.39 is 0 Å². The SMILES string of the molecule is O[C@@H](CN1CCN(Cc2ccccc2)CC1)Cn1c2ccccc2c2ccccc21. The van der Waals surface area contributed by atoms with E-state index in [1.807, 2.05) is 0 Å². The molecule has 1 N–H and O–H groups in total. The van der Waals surface area contributed by atoms with Crippen molar-refractivity contribution in [1.82, 2.24) is 14.4 Å². The average Bonchev–Trinajstić information content (AvgIpc) is 3.10. The topological polar surface area (TPSA) is 31.6 Å². The number of benzene rings is 3. The Kier molecular flexibility index (Phi) is 5.54. The molecule has 1 fully saturated rings. The van der Waals surface area contributed by atoms with Crippen LogP contribution in [0.1, 0.15) is 5.56 Å². The van der Waals surface area contributed by atoms with Gasteiger partial charge in [-0.1, -0.05) is 66.7 Å². The number of para-hydroxylation sites is 2. The normalized spacial score (nSPS) is 17.0. The molecule has 0 unspecified atom stereocenters. The van der Waals surface area contributed by atoms with E-state index in [0.717, 1.165) is 39.3 Å². The Morgan fingerprint density at radius 1 is 0.633 bits per heavy atom. The zero-order chi connectivity index (χ0) is 20.3. The van der Waals surface area contributed by atoms with Crippen LogP contribution >= 0.6 is 0 Å². The fraction of sp³-hybridized carbons (Fsp3) is 0.308. The van der Waals surface area contributed by atoms with Gasteiger partial charge in [0.15, 0.2) is 0 Å². The van der Waals surface area contributed by atoms with Crippen molar-refractivity contribution >= 4 is 21.8 Å². The second-order valence-corrected chi connectivity index (χ2v) is 8.36. The summed E-state index contributed by atoms with van der Waals surface area (Å²) in [5, 5.41) is 13.4. The van der Waals surface area contributed by atoms with E-state index >= 15 is 0 Å². The quantitative estimate of drug-likeness (QED) is 0.532. The molecule has 4 heteroatoms. The molecule has 0 saturated carbocycles. The van der Waals surface area contributed by atoms with Gasteiger partial charge in [0, 0.05) is 61.1 Å². The second-order valence-electron chi connectivity index (χ2n) is 8.36. The van der Waals surface area contributed by atoms with E-state index in [1.54, 1.807) is 0 Å². The summed E-state index contributed by atoms with van der Waals surface area (Å²) in [7, 11) is 0. The number of aliphatic hydroxyl groups is 1. The smallest absolute Gasteiger partial charge is 0.0845 e. The van der Waals surface area contributed by atoms with Gasteiger partial charge in [-0.15, -0.1) is 0 Å². The molecule has 30 heavy (non-hydrogen) atoms. The zero-order valence-electron chi connectivity index (χ0n) is 17.3. The minimum absolute atomic E-state index is 0.384. The molecule has 0 amide bonds. The number of hydrogen-bond acceptors (Lipinski definition) is 3. The summed E-state index contributed by atoms with van der Waals surface area (Å²) in [5.41, 5.74) is 3.77. The first kappa shape index (κ1) is 19.3. The van der Waals surface area contributed by atoms with Gasteiger partial charge in [0.2, 0.25) is 0 Å². The molecule has 0 spiro atoms. The van der Waals surface area contributed by atoms with E-state index in [9.17, 15) is 5.11 Å². The summed E-state index contributed by atoms with van der Waals surface area (Å²) in [6, 6.07) is 27.7. The van der Waals surface area contributed by atoms with Crippen molar-refractivity contribution in [3.05, 3.63) is 84.4 Å². The zero-order valence-corrected chi connectivity index (χ0v) is 17.3. The number of hydrogen-bond donors (Lipinski definition) is 1. The molecule has 5 rings (SSSR count). The van der Waals surface area contributed by atoms with Gasteiger partial charge in [0.1, 0.15) is 0 Å². The van der Waals surface area contributed by atoms with E-state index in [0.29, 0.717) is 6.54 Å². The van der Waals surface area contributed by atoms with E-state index in [1.165, 1.54) is 27.4 Å². The molecule has 1 saturated heterocycles. The number of rotatable bonds is 6. The highest BCUT2D eigenvalue weighted by Gasteiger charge is 2.20. The number of β-amino-alcohol motifs (C(OH)–C–C–N with tert-alkyl or cyclic N) is 1. The number of fused-ring (bicyclic) bond motifs is 3. The molecule has 1 atom stereocenters. The van der Waals surface area contributed by atoms with Crippen LogP contribution in [0.3, 0.4) is 0 Å². The van der Waals surface area contributed by atoms with Crippen LogP contribution in [-0.2, 0) is 13.1 Å². The third-order valence-electron chi connectivity index (χ3n) is 6.26. The number of piperazine rings is 1. The first-order chi connectivity index (χ1) is 14.8. The summed E-state index contributed by atoms with van der Waals surface area (Å²) in [6.45, 7) is 6.49. The summed E-state index contributed by atoms with van der Waals surface area (Å²) >= 11 is 0. The minimum Gasteiger partial charge on any atom is -0.390 e. The standard InChI is InChI=1S/C26H29N3O/c30-22(19-28-16-14-27(15-17-28)18-21-8-2-1-3-9-21)20-29-25-12-6-4-10-23(25)24-11-5-7-13-26(24)29/h1-13,22,30H,14-20H2/t22-/m0/s1. The molecule has 2 heterocycles. The lowest BCUT2D eigenvalue weighted by atomic mass is 10.2. The maximum atomic E-state index is 10.9. The number of nitrogens with zero attached hydrogens (tertiary/aromatic N) is 3. The Hall–Kier alpha value is -2.66. The van der Waals surface area contributed by atoms with E-state index in [4.69, 9.17) is 0 Å². The maximum Gasteiger partial charge on any atom is 0.0845 e. The first-order valence-corrected chi connectivity index (χ1v) is 10.9. The summed E-state index contributed by atoms with van der Waals surface area (Å²) in [6.07, 6.45) is -0.384. The lowest BCUT2D eigenvalue weighted by Gasteiger charge is -2.35. The Labute approximate surface area is 177 Å². The first-order valence-electron chi connectivity index (χ1n) is 10.9. The lowest BCUT2D eigenvalue weighted by molar-refractivity contribution is 0.0634. The Morgan fingerprint density at radius 2 is 1.17 bits per heavy atom. The molecule has 1 aliphatic heterocycles. The molecule has 4 nitrogen and oxygen atoms in total. The minimum atomic E-state index is -0.384. The molecular weight excluding hydrogens is 370 g/mol. The van der Waals surface area contributed by atoms with Crippen molar-refractivity contribution in [2.75, 3.05) is 32.7 Å². The van der Waals surface area contributed by atoms with Crippen molar-refractivity contribution in [3.63, 3.8) is 0 Å². The van der Waals surface area contributed by atoms with Gasteiger partial charge in [-0.25, -0.2) is 0 Å². The molecule has 154 valence electrons. The van der Waals surface area contributed by atoms with Crippen molar-refractivity contribution in [3.8, 4) is 0 Å². The largest absolute Gasteiger partial charge is 0.390 e. The Bertz CT molecular complexity index is 1060. The van der Waals surface area contributed by atoms with Crippen molar-refractivity contribution in [2.24, 2.45) is 0 Å². The van der Waals surface area contributed by atoms with E-state index in [2.05, 4.69) is 93.2 Å². The molecule has 1 aromatic heterocycles. The van der Waals surface area contributed by atoms with Crippen LogP contribution in [0, 0.1) is 0 Å². The van der Waals surface area contributed by atoms with Gasteiger partial charge in [0.25, 0.3) is 0 Å². The Balaban J connectivity index is 1.22. The summed E-state index contributed by atoms with van der Waals surface area (Å²) in [4.78, 5) is 4.91. The molecule has 1 aliphatic rings. The predicted octanol–water partition coefficient (Wildman–Crippen LogP) is 3.97. The molecular formula is C26H29N3O. The molecule has 4 aromatic rings. The van der Waals surface area contributed by atoms with E-state index in [-0.39, 0.29) is 6.10 Å². The van der Waals surface area contributed by atoms with Gasteiger partial charge < -0.3 is 9.67 Å². The Morgan fingerprint density at radius 3 is 1.80 bits per heavy atom. The third kappa shape index (κ3) is 3.99. The van der Waals surface area contributed by atoms with Crippen molar-refractivity contribution in [2.45, 2.75) is 19.2 Å². The predicted molar refractivity (Wildman–Crippen MR) is 124 cm³/mol. The van der Waals surface area contributed by atoms with Gasteiger partial charge in [-0.05, 0) is 17.7 Å². The molecule has 0 radical (unpaired) electrons. The highest BCUT2D eigenvalue weighted by Crippen LogP contribution is 2.28. The fourth-order valence-corrected chi connectivity index (χ4v) is 4.74. The summed E-state index contributed by atoms with van der Waals surface area (Å²) < 4.78 is 2.28. The monoisotopic (exact) mass is 399 g/mol. The second kappa shape index (κ2) is 8.60. The molecule has 0 aliphatic carbocycles. The van der Waals surface area contributed by atoms with Crippen LogP contribution in [0.2, 0.25) is 0 Å². The average molecular weight is 400 g/mol. The fourth-order valence-electron chi connectivity index (χ4n) is 4.74. The van der Waals surface area contributed by atoms with Crippen molar-refractivity contribution < 1.29 is 5.11 Å². The third-order valence-corrected chi connectivity index (χ3v) is 6.26. The highest BCUT2D eigenvalue weighted by molar-refractivity contribution is 6.07. The van der Waals surface area contributed by atoms with Crippen LogP contribution in [-0.4, -0.2) is 58.3 Å². The molecule has 0 bridgehead atoms. The van der Waals surface area contributed by atoms with Gasteiger partial charge in [-0.2, -0.15) is 0 Å². The van der Waals surface area contributed by atoms with Crippen LogP contribution in [0.25, 0.3) is 21.8 Å². The highest BCUT2D eigenvalue weighted by atomic mass is 16.3.